The smallest absolute Gasteiger partial charge is 0.0584 e. The minimum atomic E-state index is 0.215. The lowest BCUT2D eigenvalue weighted by Crippen LogP contribution is -2.24. The van der Waals surface area contributed by atoms with Crippen LogP contribution in [-0.2, 0) is 0 Å². The van der Waals surface area contributed by atoms with Gasteiger partial charge in [0.1, 0.15) is 0 Å². The van der Waals surface area contributed by atoms with Crippen LogP contribution < -0.4 is 5.32 Å². The lowest BCUT2D eigenvalue weighted by atomic mass is 9.88. The molecule has 2 aromatic carbocycles. The molecular formula is C19H24ClN. The summed E-state index contributed by atoms with van der Waals surface area (Å²) in [6.07, 6.45) is 0. The van der Waals surface area contributed by atoms with Crippen molar-refractivity contribution in [3.63, 3.8) is 0 Å². The number of hydrogen-bond donors (Lipinski definition) is 1. The van der Waals surface area contributed by atoms with Gasteiger partial charge in [-0.3, -0.25) is 0 Å². The summed E-state index contributed by atoms with van der Waals surface area (Å²) in [4.78, 5) is 0. The average molecular weight is 302 g/mol. The second-order valence-corrected chi connectivity index (χ2v) is 6.16. The maximum absolute atomic E-state index is 6.26. The maximum atomic E-state index is 6.26. The Balaban J connectivity index is 2.62. The van der Waals surface area contributed by atoms with Crippen LogP contribution in [0, 0.1) is 27.7 Å². The molecule has 0 aliphatic heterocycles. The highest BCUT2D eigenvalue weighted by atomic mass is 35.5. The lowest BCUT2D eigenvalue weighted by Gasteiger charge is -2.25. The summed E-state index contributed by atoms with van der Waals surface area (Å²) in [6.45, 7) is 11.7. The summed E-state index contributed by atoms with van der Waals surface area (Å²) in [5.41, 5.74) is 7.71. The first kappa shape index (κ1) is 16.1. The third kappa shape index (κ3) is 3.30. The van der Waals surface area contributed by atoms with Crippen LogP contribution in [-0.4, -0.2) is 6.54 Å². The first-order valence-corrected chi connectivity index (χ1v) is 7.89. The van der Waals surface area contributed by atoms with E-state index in [-0.39, 0.29) is 6.04 Å². The third-order valence-corrected chi connectivity index (χ3v) is 4.50. The molecule has 21 heavy (non-hydrogen) atoms. The molecule has 0 aromatic heterocycles. The van der Waals surface area contributed by atoms with Crippen molar-refractivity contribution in [1.82, 2.24) is 5.32 Å². The van der Waals surface area contributed by atoms with E-state index in [1.54, 1.807) is 0 Å². The van der Waals surface area contributed by atoms with Crippen LogP contribution in [0.15, 0.2) is 30.3 Å². The van der Waals surface area contributed by atoms with Crippen molar-refractivity contribution < 1.29 is 0 Å². The molecule has 0 amide bonds. The van der Waals surface area contributed by atoms with Gasteiger partial charge in [-0.2, -0.15) is 0 Å². The van der Waals surface area contributed by atoms with Crippen molar-refractivity contribution >= 4 is 11.6 Å². The van der Waals surface area contributed by atoms with Crippen molar-refractivity contribution in [3.8, 4) is 0 Å². The standard InChI is InChI=1S/C19H24ClN/c1-6-21-19(18-12(2)8-7-9-13(18)3)16-10-15(5)17(20)11-14(16)4/h7-11,19,21H,6H2,1-5H3. The van der Waals surface area contributed by atoms with E-state index < -0.39 is 0 Å². The summed E-state index contributed by atoms with van der Waals surface area (Å²) in [5, 5.41) is 4.48. The molecule has 2 rings (SSSR count). The van der Waals surface area contributed by atoms with Crippen molar-refractivity contribution in [2.75, 3.05) is 6.54 Å². The Bertz CT molecular complexity index is 626. The molecule has 0 fully saturated rings. The minimum absolute atomic E-state index is 0.215. The van der Waals surface area contributed by atoms with E-state index >= 15 is 0 Å². The number of hydrogen-bond acceptors (Lipinski definition) is 1. The zero-order valence-electron chi connectivity index (χ0n) is 13.5. The van der Waals surface area contributed by atoms with Crippen molar-refractivity contribution in [3.05, 3.63) is 68.7 Å². The van der Waals surface area contributed by atoms with E-state index in [0.717, 1.165) is 17.1 Å². The Morgan fingerprint density at radius 3 is 2.14 bits per heavy atom. The number of halogens is 1. The molecule has 1 nitrogen and oxygen atoms in total. The predicted molar refractivity (Wildman–Crippen MR) is 92.4 cm³/mol. The second kappa shape index (κ2) is 6.64. The van der Waals surface area contributed by atoms with Crippen molar-refractivity contribution in [2.45, 2.75) is 40.7 Å². The van der Waals surface area contributed by atoms with Gasteiger partial charge in [0.25, 0.3) is 0 Å². The highest BCUT2D eigenvalue weighted by Crippen LogP contribution is 2.32. The van der Waals surface area contributed by atoms with Crippen molar-refractivity contribution in [2.24, 2.45) is 0 Å². The molecule has 2 heteroatoms. The highest BCUT2D eigenvalue weighted by molar-refractivity contribution is 6.31. The van der Waals surface area contributed by atoms with Gasteiger partial charge in [0.2, 0.25) is 0 Å². The molecular weight excluding hydrogens is 278 g/mol. The summed E-state index contributed by atoms with van der Waals surface area (Å²) in [6, 6.07) is 11.0. The van der Waals surface area contributed by atoms with Crippen LogP contribution in [0.4, 0.5) is 0 Å². The topological polar surface area (TPSA) is 12.0 Å². The summed E-state index contributed by atoms with van der Waals surface area (Å²) < 4.78 is 0. The van der Waals surface area contributed by atoms with Gasteiger partial charge in [-0.05, 0) is 73.7 Å². The van der Waals surface area contributed by atoms with E-state index in [1.807, 2.05) is 0 Å². The van der Waals surface area contributed by atoms with Gasteiger partial charge in [0, 0.05) is 5.02 Å². The monoisotopic (exact) mass is 301 g/mol. The van der Waals surface area contributed by atoms with E-state index in [2.05, 4.69) is 70.3 Å². The molecule has 1 atom stereocenters. The Hall–Kier alpha value is -1.31. The first-order valence-electron chi connectivity index (χ1n) is 7.51. The van der Waals surface area contributed by atoms with Gasteiger partial charge < -0.3 is 5.32 Å². The Labute approximate surface area is 133 Å². The molecule has 1 unspecified atom stereocenters. The fourth-order valence-electron chi connectivity index (χ4n) is 2.97. The lowest BCUT2D eigenvalue weighted by molar-refractivity contribution is 0.621. The summed E-state index contributed by atoms with van der Waals surface area (Å²) in [5.74, 6) is 0. The SMILES string of the molecule is CCNC(c1cc(C)c(Cl)cc1C)c1c(C)cccc1C. The molecule has 0 bridgehead atoms. The van der Waals surface area contributed by atoms with E-state index in [1.165, 1.54) is 27.8 Å². The molecule has 2 aromatic rings. The van der Waals surface area contributed by atoms with E-state index in [9.17, 15) is 0 Å². The molecule has 0 aliphatic carbocycles. The largest absolute Gasteiger partial charge is 0.307 e. The zero-order chi connectivity index (χ0) is 15.6. The second-order valence-electron chi connectivity index (χ2n) is 5.75. The van der Waals surface area contributed by atoms with Gasteiger partial charge in [-0.25, -0.2) is 0 Å². The molecule has 112 valence electrons. The molecule has 0 saturated heterocycles. The minimum Gasteiger partial charge on any atom is -0.307 e. The van der Waals surface area contributed by atoms with Crippen molar-refractivity contribution in [1.29, 1.82) is 0 Å². The molecule has 1 N–H and O–H groups in total. The van der Waals surface area contributed by atoms with Gasteiger partial charge in [-0.1, -0.05) is 42.8 Å². The van der Waals surface area contributed by atoms with Gasteiger partial charge in [0.05, 0.1) is 6.04 Å². The van der Waals surface area contributed by atoms with Crippen LogP contribution in [0.2, 0.25) is 5.02 Å². The normalized spacial score (nSPS) is 12.5. The Morgan fingerprint density at radius 1 is 0.952 bits per heavy atom. The highest BCUT2D eigenvalue weighted by Gasteiger charge is 2.19. The molecule has 0 saturated carbocycles. The third-order valence-electron chi connectivity index (χ3n) is 4.10. The quantitative estimate of drug-likeness (QED) is 0.811. The Kier molecular flexibility index (Phi) is 5.08. The van der Waals surface area contributed by atoms with Gasteiger partial charge >= 0.3 is 0 Å². The number of benzene rings is 2. The maximum Gasteiger partial charge on any atom is 0.0584 e. The van der Waals surface area contributed by atoms with Crippen LogP contribution in [0.3, 0.4) is 0 Å². The number of nitrogens with one attached hydrogen (secondary N) is 1. The van der Waals surface area contributed by atoms with Crippen LogP contribution in [0.25, 0.3) is 0 Å². The first-order chi connectivity index (χ1) is 9.95. The fraction of sp³-hybridized carbons (Fsp3) is 0.368. The predicted octanol–water partition coefficient (Wildman–Crippen LogP) is 5.27. The number of aryl methyl sites for hydroxylation is 4. The molecule has 0 spiro atoms. The molecule has 0 radical (unpaired) electrons. The van der Waals surface area contributed by atoms with Crippen LogP contribution in [0.1, 0.15) is 46.3 Å². The zero-order valence-corrected chi connectivity index (χ0v) is 14.3. The average Bonchev–Trinajstić information content (AvgIpc) is 2.42. The van der Waals surface area contributed by atoms with Crippen LogP contribution >= 0.6 is 11.6 Å². The molecule has 0 aliphatic rings. The van der Waals surface area contributed by atoms with Crippen LogP contribution in [0.5, 0.6) is 0 Å². The van der Waals surface area contributed by atoms with Gasteiger partial charge in [-0.15, -0.1) is 0 Å². The van der Waals surface area contributed by atoms with E-state index in [0.29, 0.717) is 0 Å². The number of rotatable bonds is 4. The van der Waals surface area contributed by atoms with E-state index in [4.69, 9.17) is 11.6 Å². The summed E-state index contributed by atoms with van der Waals surface area (Å²) in [7, 11) is 0. The summed E-state index contributed by atoms with van der Waals surface area (Å²) >= 11 is 6.26. The molecule has 0 heterocycles. The van der Waals surface area contributed by atoms with Gasteiger partial charge in [0.15, 0.2) is 0 Å². The fourth-order valence-corrected chi connectivity index (χ4v) is 3.19. The Morgan fingerprint density at radius 2 is 1.57 bits per heavy atom.